The molecule has 158 valence electrons. The Balaban J connectivity index is 2.27. The van der Waals surface area contributed by atoms with Crippen LogP contribution in [0.3, 0.4) is 0 Å². The molecule has 2 aromatic rings. The van der Waals surface area contributed by atoms with Crippen molar-refractivity contribution in [1.29, 1.82) is 0 Å². The number of amides is 1. The summed E-state index contributed by atoms with van der Waals surface area (Å²) in [5.74, 6) is -0.347. The van der Waals surface area contributed by atoms with Gasteiger partial charge in [0.05, 0.1) is 11.6 Å². The SMILES string of the molecule is CCC[C@@H](C)NC(=O)CN(CCc1ccccc1)S(=O)(=O)c1cc(Cl)ccc1Cl. The zero-order valence-corrected chi connectivity index (χ0v) is 18.9. The number of hydrogen-bond donors (Lipinski definition) is 1. The molecule has 2 rings (SSSR count). The van der Waals surface area contributed by atoms with E-state index in [0.717, 1.165) is 22.7 Å². The van der Waals surface area contributed by atoms with Gasteiger partial charge >= 0.3 is 0 Å². The minimum absolute atomic E-state index is 0.0269. The summed E-state index contributed by atoms with van der Waals surface area (Å²) < 4.78 is 27.7. The molecule has 1 amide bonds. The van der Waals surface area contributed by atoms with Crippen LogP contribution >= 0.6 is 23.2 Å². The van der Waals surface area contributed by atoms with Crippen molar-refractivity contribution in [1.82, 2.24) is 9.62 Å². The van der Waals surface area contributed by atoms with E-state index >= 15 is 0 Å². The second kappa shape index (κ2) is 11.0. The lowest BCUT2D eigenvalue weighted by molar-refractivity contribution is -0.121. The minimum Gasteiger partial charge on any atom is -0.353 e. The first-order chi connectivity index (χ1) is 13.7. The van der Waals surface area contributed by atoms with Crippen LogP contribution in [0.1, 0.15) is 32.3 Å². The van der Waals surface area contributed by atoms with E-state index in [2.05, 4.69) is 5.32 Å². The van der Waals surface area contributed by atoms with Crippen LogP contribution in [0.4, 0.5) is 0 Å². The molecule has 0 aliphatic rings. The predicted octanol–water partition coefficient (Wildman–Crippen LogP) is 4.53. The molecule has 29 heavy (non-hydrogen) atoms. The smallest absolute Gasteiger partial charge is 0.245 e. The molecule has 0 fully saturated rings. The molecule has 0 bridgehead atoms. The van der Waals surface area contributed by atoms with Gasteiger partial charge in [-0.1, -0.05) is 66.9 Å². The van der Waals surface area contributed by atoms with Crippen molar-refractivity contribution >= 4 is 39.1 Å². The summed E-state index contributed by atoms with van der Waals surface area (Å²) in [6.45, 7) is 3.79. The number of nitrogens with zero attached hydrogens (tertiary/aromatic N) is 1. The molecule has 0 aromatic heterocycles. The van der Waals surface area contributed by atoms with Crippen LogP contribution < -0.4 is 5.32 Å². The van der Waals surface area contributed by atoms with Crippen molar-refractivity contribution in [2.24, 2.45) is 0 Å². The Labute approximate surface area is 183 Å². The molecule has 0 spiro atoms. The van der Waals surface area contributed by atoms with Gasteiger partial charge < -0.3 is 5.32 Å². The van der Waals surface area contributed by atoms with Crippen LogP contribution in [-0.2, 0) is 21.2 Å². The van der Waals surface area contributed by atoms with Crippen molar-refractivity contribution < 1.29 is 13.2 Å². The molecule has 5 nitrogen and oxygen atoms in total. The van der Waals surface area contributed by atoms with Crippen LogP contribution in [-0.4, -0.2) is 37.8 Å². The average molecular weight is 457 g/mol. The van der Waals surface area contributed by atoms with Crippen molar-refractivity contribution in [3.05, 3.63) is 64.1 Å². The Kier molecular flexibility index (Phi) is 8.96. The highest BCUT2D eigenvalue weighted by Gasteiger charge is 2.29. The van der Waals surface area contributed by atoms with Crippen LogP contribution in [0.2, 0.25) is 10.0 Å². The number of rotatable bonds is 10. The van der Waals surface area contributed by atoms with E-state index in [1.165, 1.54) is 18.2 Å². The highest BCUT2D eigenvalue weighted by molar-refractivity contribution is 7.89. The first-order valence-electron chi connectivity index (χ1n) is 9.52. The van der Waals surface area contributed by atoms with Crippen molar-refractivity contribution in [3.8, 4) is 0 Å². The normalized spacial score (nSPS) is 12.7. The summed E-state index contributed by atoms with van der Waals surface area (Å²) in [5, 5.41) is 3.18. The number of nitrogens with one attached hydrogen (secondary N) is 1. The van der Waals surface area contributed by atoms with Gasteiger partial charge in [-0.05, 0) is 43.5 Å². The Morgan fingerprint density at radius 3 is 2.48 bits per heavy atom. The largest absolute Gasteiger partial charge is 0.353 e. The number of halogens is 2. The summed E-state index contributed by atoms with van der Waals surface area (Å²) in [5.41, 5.74) is 0.977. The van der Waals surface area contributed by atoms with Crippen LogP contribution in [0.15, 0.2) is 53.4 Å². The molecule has 0 radical (unpaired) electrons. The number of sulfonamides is 1. The number of hydrogen-bond acceptors (Lipinski definition) is 3. The standard InChI is InChI=1S/C21H26Cl2N2O3S/c1-3-7-16(2)24-21(26)15-25(13-12-17-8-5-4-6-9-17)29(27,28)20-14-18(22)10-11-19(20)23/h4-6,8-11,14,16H,3,7,12-13,15H2,1-2H3,(H,24,26)/t16-/m1/s1. The molecule has 0 saturated carbocycles. The van der Waals surface area contributed by atoms with Gasteiger partial charge in [-0.2, -0.15) is 4.31 Å². The topological polar surface area (TPSA) is 66.5 Å². The highest BCUT2D eigenvalue weighted by atomic mass is 35.5. The van der Waals surface area contributed by atoms with Gasteiger partial charge in [0.2, 0.25) is 15.9 Å². The molecular weight excluding hydrogens is 431 g/mol. The fourth-order valence-corrected chi connectivity index (χ4v) is 5.12. The van der Waals surface area contributed by atoms with Gasteiger partial charge in [-0.15, -0.1) is 0 Å². The lowest BCUT2D eigenvalue weighted by atomic mass is 10.1. The molecular formula is C21H26Cl2N2O3S. The predicted molar refractivity (Wildman–Crippen MR) is 118 cm³/mol. The van der Waals surface area contributed by atoms with E-state index in [4.69, 9.17) is 23.2 Å². The third kappa shape index (κ3) is 7.00. The summed E-state index contributed by atoms with van der Waals surface area (Å²) in [6.07, 6.45) is 2.22. The zero-order valence-electron chi connectivity index (χ0n) is 16.6. The Hall–Kier alpha value is -1.60. The van der Waals surface area contributed by atoms with E-state index in [1.54, 1.807) is 0 Å². The Bertz CT molecular complexity index is 921. The summed E-state index contributed by atoms with van der Waals surface area (Å²) in [7, 11) is -4.01. The molecule has 2 aromatic carbocycles. The van der Waals surface area contributed by atoms with Gasteiger partial charge in [0.1, 0.15) is 4.90 Å². The Morgan fingerprint density at radius 2 is 1.83 bits per heavy atom. The molecule has 8 heteroatoms. The van der Waals surface area contributed by atoms with Crippen molar-refractivity contribution in [2.45, 2.75) is 44.0 Å². The quantitative estimate of drug-likeness (QED) is 0.570. The molecule has 0 saturated heterocycles. The summed E-state index contributed by atoms with van der Waals surface area (Å²) >= 11 is 12.1. The highest BCUT2D eigenvalue weighted by Crippen LogP contribution is 2.28. The maximum absolute atomic E-state index is 13.3. The first kappa shape index (κ1) is 23.7. The third-order valence-electron chi connectivity index (χ3n) is 4.45. The molecule has 1 N–H and O–H groups in total. The van der Waals surface area contributed by atoms with E-state index in [9.17, 15) is 13.2 Å². The van der Waals surface area contributed by atoms with E-state index in [0.29, 0.717) is 6.42 Å². The maximum Gasteiger partial charge on any atom is 0.245 e. The van der Waals surface area contributed by atoms with Crippen LogP contribution in [0, 0.1) is 0 Å². The monoisotopic (exact) mass is 456 g/mol. The summed E-state index contributed by atoms with van der Waals surface area (Å²) in [4.78, 5) is 12.4. The molecule has 0 heterocycles. The fourth-order valence-electron chi connectivity index (χ4n) is 2.98. The van der Waals surface area contributed by atoms with Gasteiger partial charge in [0.15, 0.2) is 0 Å². The van der Waals surface area contributed by atoms with E-state index in [1.807, 2.05) is 44.2 Å². The maximum atomic E-state index is 13.3. The minimum atomic E-state index is -4.01. The number of benzene rings is 2. The zero-order chi connectivity index (χ0) is 21.4. The molecule has 0 aliphatic carbocycles. The fraction of sp³-hybridized carbons (Fsp3) is 0.381. The van der Waals surface area contributed by atoms with Gasteiger partial charge in [-0.3, -0.25) is 4.79 Å². The lowest BCUT2D eigenvalue weighted by Gasteiger charge is -2.23. The third-order valence-corrected chi connectivity index (χ3v) is 7.01. The molecule has 1 atom stereocenters. The Morgan fingerprint density at radius 1 is 1.14 bits per heavy atom. The number of carbonyl (C=O) groups excluding carboxylic acids is 1. The first-order valence-corrected chi connectivity index (χ1v) is 11.7. The van der Waals surface area contributed by atoms with Gasteiger partial charge in [0.25, 0.3) is 0 Å². The average Bonchev–Trinajstić information content (AvgIpc) is 2.67. The molecule has 0 aliphatic heterocycles. The lowest BCUT2D eigenvalue weighted by Crippen LogP contribution is -2.44. The van der Waals surface area contributed by atoms with Crippen LogP contribution in [0.5, 0.6) is 0 Å². The van der Waals surface area contributed by atoms with Crippen molar-refractivity contribution in [3.63, 3.8) is 0 Å². The van der Waals surface area contributed by atoms with Crippen LogP contribution in [0.25, 0.3) is 0 Å². The molecule has 0 unspecified atom stereocenters. The van der Waals surface area contributed by atoms with Crippen molar-refractivity contribution in [2.75, 3.05) is 13.1 Å². The second-order valence-electron chi connectivity index (χ2n) is 6.91. The van der Waals surface area contributed by atoms with E-state index < -0.39 is 10.0 Å². The second-order valence-corrected chi connectivity index (χ2v) is 9.66. The number of carbonyl (C=O) groups is 1. The van der Waals surface area contributed by atoms with Gasteiger partial charge in [0, 0.05) is 17.6 Å². The van der Waals surface area contributed by atoms with E-state index in [-0.39, 0.29) is 40.0 Å². The summed E-state index contributed by atoms with van der Waals surface area (Å²) in [6, 6.07) is 13.8. The van der Waals surface area contributed by atoms with Gasteiger partial charge in [-0.25, -0.2) is 8.42 Å².